The van der Waals surface area contributed by atoms with Crippen LogP contribution in [-0.4, -0.2) is 31.6 Å². The van der Waals surface area contributed by atoms with Gasteiger partial charge in [-0.1, -0.05) is 41.6 Å². The number of aryl methyl sites for hydroxylation is 1. The normalized spacial score (nSPS) is 15.3. The number of hydrogen-bond donors (Lipinski definition) is 0. The molecule has 2 aromatic rings. The summed E-state index contributed by atoms with van der Waals surface area (Å²) in [4.78, 5) is 14.9. The number of thiocarbonyl (C=S) groups is 1. The highest BCUT2D eigenvalue weighted by Gasteiger charge is 2.33. The third-order valence-electron chi connectivity index (χ3n) is 4.19. The van der Waals surface area contributed by atoms with E-state index in [1.165, 1.54) is 23.8 Å². The number of halogens is 1. The molecule has 1 amide bonds. The van der Waals surface area contributed by atoms with Crippen LogP contribution in [0.25, 0.3) is 6.08 Å². The van der Waals surface area contributed by atoms with E-state index in [4.69, 9.17) is 38.0 Å². The zero-order chi connectivity index (χ0) is 20.4. The molecule has 0 radical (unpaired) electrons. The van der Waals surface area contributed by atoms with E-state index >= 15 is 0 Å². The van der Waals surface area contributed by atoms with Crippen molar-refractivity contribution in [3.05, 3.63) is 51.4 Å². The maximum absolute atomic E-state index is 13.0. The molecule has 2 aromatic carbocycles. The Labute approximate surface area is 178 Å². The quantitative estimate of drug-likeness (QED) is 0.482. The van der Waals surface area contributed by atoms with Gasteiger partial charge in [-0.3, -0.25) is 9.69 Å². The van der Waals surface area contributed by atoms with Crippen molar-refractivity contribution in [2.45, 2.75) is 6.92 Å². The third-order valence-corrected chi connectivity index (χ3v) is 5.90. The number of methoxy groups -OCH3 is 3. The van der Waals surface area contributed by atoms with Gasteiger partial charge < -0.3 is 14.2 Å². The summed E-state index contributed by atoms with van der Waals surface area (Å²) < 4.78 is 16.5. The molecule has 0 N–H and O–H groups in total. The molecule has 8 heteroatoms. The van der Waals surface area contributed by atoms with Crippen molar-refractivity contribution in [3.63, 3.8) is 0 Å². The molecule has 1 saturated heterocycles. The fourth-order valence-corrected chi connectivity index (χ4v) is 4.22. The highest BCUT2D eigenvalue weighted by atomic mass is 35.5. The van der Waals surface area contributed by atoms with Crippen LogP contribution < -0.4 is 19.1 Å². The first-order chi connectivity index (χ1) is 13.4. The van der Waals surface area contributed by atoms with Gasteiger partial charge in [-0.25, -0.2) is 0 Å². The zero-order valence-electron chi connectivity index (χ0n) is 15.7. The Kier molecular flexibility index (Phi) is 6.17. The van der Waals surface area contributed by atoms with Crippen LogP contribution >= 0.6 is 35.6 Å². The summed E-state index contributed by atoms with van der Waals surface area (Å²) >= 11 is 12.9. The van der Waals surface area contributed by atoms with Crippen molar-refractivity contribution in [3.8, 4) is 17.2 Å². The third kappa shape index (κ3) is 3.83. The van der Waals surface area contributed by atoms with Crippen LogP contribution in [0, 0.1) is 6.92 Å². The lowest BCUT2D eigenvalue weighted by molar-refractivity contribution is -0.113. The average Bonchev–Trinajstić information content (AvgIpc) is 2.96. The van der Waals surface area contributed by atoms with E-state index in [-0.39, 0.29) is 5.91 Å². The van der Waals surface area contributed by atoms with Gasteiger partial charge in [0.2, 0.25) is 5.75 Å². The molecule has 1 aliphatic heterocycles. The first kappa shape index (κ1) is 20.5. The molecule has 3 rings (SSSR count). The molecule has 0 aromatic heterocycles. The number of rotatable bonds is 5. The highest BCUT2D eigenvalue weighted by Crippen LogP contribution is 2.41. The molecule has 0 atom stereocenters. The van der Waals surface area contributed by atoms with Gasteiger partial charge >= 0.3 is 0 Å². The Morgan fingerprint density at radius 3 is 2.25 bits per heavy atom. The van der Waals surface area contributed by atoms with Crippen molar-refractivity contribution in [1.29, 1.82) is 0 Å². The predicted octanol–water partition coefficient (Wildman–Crippen LogP) is 5.08. The first-order valence-electron chi connectivity index (χ1n) is 8.23. The summed E-state index contributed by atoms with van der Waals surface area (Å²) in [6.45, 7) is 1.90. The van der Waals surface area contributed by atoms with Crippen LogP contribution in [0.3, 0.4) is 0 Å². The second-order valence-corrected chi connectivity index (χ2v) is 7.99. The van der Waals surface area contributed by atoms with Crippen molar-refractivity contribution in [2.24, 2.45) is 0 Å². The van der Waals surface area contributed by atoms with E-state index in [1.54, 1.807) is 38.5 Å². The maximum Gasteiger partial charge on any atom is 0.270 e. The van der Waals surface area contributed by atoms with E-state index in [0.717, 1.165) is 11.1 Å². The molecule has 1 aliphatic rings. The van der Waals surface area contributed by atoms with Crippen molar-refractivity contribution in [2.75, 3.05) is 26.2 Å². The van der Waals surface area contributed by atoms with Gasteiger partial charge in [-0.05, 0) is 48.4 Å². The Morgan fingerprint density at radius 1 is 1.07 bits per heavy atom. The number of benzene rings is 2. The molecule has 1 heterocycles. The van der Waals surface area contributed by atoms with E-state index in [0.29, 0.717) is 37.2 Å². The van der Waals surface area contributed by atoms with Crippen molar-refractivity contribution >= 4 is 57.6 Å². The van der Waals surface area contributed by atoms with Gasteiger partial charge in [-0.15, -0.1) is 0 Å². The van der Waals surface area contributed by atoms with E-state index in [9.17, 15) is 4.79 Å². The standard InChI is InChI=1S/C20H18ClNO4S2/c1-11-5-6-13(10-14(11)21)22-19(23)17(28-20(22)27)9-12-7-15(24-2)18(26-4)16(8-12)25-3/h5-10H,1-4H3/b17-9+. The fourth-order valence-electron chi connectivity index (χ4n) is 2.75. The van der Waals surface area contributed by atoms with Crippen molar-refractivity contribution < 1.29 is 19.0 Å². The molecular weight excluding hydrogens is 418 g/mol. The molecule has 5 nitrogen and oxygen atoms in total. The number of nitrogens with zero attached hydrogens (tertiary/aromatic N) is 1. The van der Waals surface area contributed by atoms with E-state index in [1.807, 2.05) is 19.1 Å². The Hall–Kier alpha value is -2.22. The van der Waals surface area contributed by atoms with Gasteiger partial charge in [0.05, 0.1) is 31.9 Å². The van der Waals surface area contributed by atoms with Gasteiger partial charge in [0.1, 0.15) is 0 Å². The molecule has 0 aliphatic carbocycles. The minimum Gasteiger partial charge on any atom is -0.493 e. The van der Waals surface area contributed by atoms with Crippen LogP contribution in [0.5, 0.6) is 17.2 Å². The van der Waals surface area contributed by atoms with Crippen LogP contribution in [0.15, 0.2) is 35.2 Å². The first-order valence-corrected chi connectivity index (χ1v) is 9.84. The topological polar surface area (TPSA) is 48.0 Å². The summed E-state index contributed by atoms with van der Waals surface area (Å²) in [5, 5.41) is 0.583. The number of carbonyl (C=O) groups excluding carboxylic acids is 1. The molecule has 0 spiro atoms. The highest BCUT2D eigenvalue weighted by molar-refractivity contribution is 8.27. The number of ether oxygens (including phenoxy) is 3. The summed E-state index contributed by atoms with van der Waals surface area (Å²) in [7, 11) is 4.63. The maximum atomic E-state index is 13.0. The van der Waals surface area contributed by atoms with Crippen LogP contribution in [-0.2, 0) is 4.79 Å². The number of carbonyl (C=O) groups is 1. The minimum atomic E-state index is -0.205. The Bertz CT molecular complexity index is 965. The molecule has 0 unspecified atom stereocenters. The molecule has 146 valence electrons. The lowest BCUT2D eigenvalue weighted by Crippen LogP contribution is -2.27. The molecular formula is C20H18ClNO4S2. The molecule has 28 heavy (non-hydrogen) atoms. The number of thioether (sulfide) groups is 1. The summed E-state index contributed by atoms with van der Waals surface area (Å²) in [5.74, 6) is 1.30. The van der Waals surface area contributed by atoms with Gasteiger partial charge in [0.15, 0.2) is 15.8 Å². The second-order valence-electron chi connectivity index (χ2n) is 5.91. The largest absolute Gasteiger partial charge is 0.493 e. The Balaban J connectivity index is 1.99. The Morgan fingerprint density at radius 2 is 1.71 bits per heavy atom. The number of anilines is 1. The van der Waals surface area contributed by atoms with E-state index < -0.39 is 0 Å². The smallest absolute Gasteiger partial charge is 0.270 e. The van der Waals surface area contributed by atoms with Gasteiger partial charge in [0.25, 0.3) is 5.91 Å². The summed E-state index contributed by atoms with van der Waals surface area (Å²) in [6, 6.07) is 8.98. The van der Waals surface area contributed by atoms with Crippen LogP contribution in [0.1, 0.15) is 11.1 Å². The lowest BCUT2D eigenvalue weighted by Gasteiger charge is -2.15. The SMILES string of the molecule is COc1cc(/C=C2/SC(=S)N(c3ccc(C)c(Cl)c3)C2=O)cc(OC)c1OC. The lowest BCUT2D eigenvalue weighted by atomic mass is 10.1. The molecule has 0 bridgehead atoms. The summed E-state index contributed by atoms with van der Waals surface area (Å²) in [5.41, 5.74) is 2.31. The van der Waals surface area contributed by atoms with Crippen LogP contribution in [0.2, 0.25) is 5.02 Å². The number of amides is 1. The van der Waals surface area contributed by atoms with Crippen LogP contribution in [0.4, 0.5) is 5.69 Å². The number of hydrogen-bond acceptors (Lipinski definition) is 6. The fraction of sp³-hybridized carbons (Fsp3) is 0.200. The molecule has 1 fully saturated rings. The van der Waals surface area contributed by atoms with E-state index in [2.05, 4.69) is 0 Å². The zero-order valence-corrected chi connectivity index (χ0v) is 18.1. The van der Waals surface area contributed by atoms with Gasteiger partial charge in [-0.2, -0.15) is 0 Å². The predicted molar refractivity (Wildman–Crippen MR) is 118 cm³/mol. The van der Waals surface area contributed by atoms with Gasteiger partial charge in [0, 0.05) is 5.02 Å². The summed E-state index contributed by atoms with van der Waals surface area (Å²) in [6.07, 6.45) is 1.75. The van der Waals surface area contributed by atoms with Crippen molar-refractivity contribution in [1.82, 2.24) is 0 Å². The second kappa shape index (κ2) is 8.43. The average molecular weight is 436 g/mol. The minimum absolute atomic E-state index is 0.205. The molecule has 0 saturated carbocycles. The monoisotopic (exact) mass is 435 g/mol.